The molecule has 0 saturated carbocycles. The Morgan fingerprint density at radius 2 is 0.953 bits per heavy atom. The van der Waals surface area contributed by atoms with Crippen molar-refractivity contribution in [1.82, 2.24) is 15.0 Å². The first-order valence-corrected chi connectivity index (χ1v) is 14.7. The topological polar surface area (TPSA) is 38.7 Å². The lowest BCUT2D eigenvalue weighted by molar-refractivity contribution is 0.660. The molecule has 3 heteroatoms. The highest BCUT2D eigenvalue weighted by atomic mass is 15.0. The molecule has 8 rings (SSSR count). The molecule has 1 aromatic heterocycles. The van der Waals surface area contributed by atoms with Gasteiger partial charge in [-0.05, 0) is 50.2 Å². The third kappa shape index (κ3) is 4.24. The predicted octanol–water partition coefficient (Wildman–Crippen LogP) is 10.00. The monoisotopic (exact) mass is 551 g/mol. The van der Waals surface area contributed by atoms with Gasteiger partial charge >= 0.3 is 0 Å². The molecule has 0 unspecified atom stereocenters. The molecule has 1 aliphatic carbocycles. The van der Waals surface area contributed by atoms with Crippen LogP contribution >= 0.6 is 0 Å². The SMILES string of the molecule is CC1(C)c2ccccc2-c2c(-c3nc(-c4ccccc4)nc(-c4ccc(-c5ccc6ccccc6c5)cc4)n3)cccc21. The zero-order chi connectivity index (χ0) is 29.0. The average molecular weight is 552 g/mol. The van der Waals surface area contributed by atoms with Gasteiger partial charge in [-0.25, -0.2) is 15.0 Å². The molecule has 0 spiro atoms. The molecule has 0 radical (unpaired) electrons. The summed E-state index contributed by atoms with van der Waals surface area (Å²) in [7, 11) is 0. The fourth-order valence-electron chi connectivity index (χ4n) is 6.46. The van der Waals surface area contributed by atoms with Crippen LogP contribution in [0.5, 0.6) is 0 Å². The maximum atomic E-state index is 5.12. The van der Waals surface area contributed by atoms with Gasteiger partial charge in [-0.1, -0.05) is 147 Å². The summed E-state index contributed by atoms with van der Waals surface area (Å²) in [5, 5.41) is 2.48. The van der Waals surface area contributed by atoms with E-state index in [-0.39, 0.29) is 5.41 Å². The zero-order valence-electron chi connectivity index (χ0n) is 24.1. The molecular weight excluding hydrogens is 522 g/mol. The molecule has 1 aliphatic rings. The minimum absolute atomic E-state index is 0.0986. The second kappa shape index (κ2) is 9.85. The lowest BCUT2D eigenvalue weighted by Crippen LogP contribution is -2.14. The molecule has 1 heterocycles. The molecular formula is C40H29N3. The quantitative estimate of drug-likeness (QED) is 0.218. The number of nitrogens with zero attached hydrogens (tertiary/aromatic N) is 3. The Bertz CT molecular complexity index is 2140. The van der Waals surface area contributed by atoms with Gasteiger partial charge in [0, 0.05) is 22.1 Å². The Kier molecular flexibility index (Phi) is 5.80. The van der Waals surface area contributed by atoms with E-state index in [9.17, 15) is 0 Å². The minimum atomic E-state index is -0.0986. The van der Waals surface area contributed by atoms with Crippen LogP contribution in [0.3, 0.4) is 0 Å². The third-order valence-electron chi connectivity index (χ3n) is 8.74. The molecule has 204 valence electrons. The third-order valence-corrected chi connectivity index (χ3v) is 8.74. The molecule has 0 aliphatic heterocycles. The fraction of sp³-hybridized carbons (Fsp3) is 0.0750. The molecule has 0 bridgehead atoms. The van der Waals surface area contributed by atoms with Crippen molar-refractivity contribution >= 4 is 10.8 Å². The van der Waals surface area contributed by atoms with Crippen LogP contribution in [0.25, 0.3) is 67.2 Å². The smallest absolute Gasteiger partial charge is 0.164 e. The normalized spacial score (nSPS) is 13.1. The van der Waals surface area contributed by atoms with Gasteiger partial charge < -0.3 is 0 Å². The summed E-state index contributed by atoms with van der Waals surface area (Å²) in [6, 6.07) is 49.0. The van der Waals surface area contributed by atoms with Gasteiger partial charge in [0.25, 0.3) is 0 Å². The Labute approximate surface area is 251 Å². The minimum Gasteiger partial charge on any atom is -0.208 e. The number of aromatic nitrogens is 3. The average Bonchev–Trinajstić information content (AvgIpc) is 3.31. The van der Waals surface area contributed by atoms with Gasteiger partial charge in [0.2, 0.25) is 0 Å². The Hall–Kier alpha value is -5.41. The van der Waals surface area contributed by atoms with Gasteiger partial charge in [0.15, 0.2) is 17.5 Å². The van der Waals surface area contributed by atoms with E-state index in [1.807, 2.05) is 18.2 Å². The Balaban J connectivity index is 1.27. The molecule has 6 aromatic carbocycles. The maximum absolute atomic E-state index is 5.12. The molecule has 3 nitrogen and oxygen atoms in total. The predicted molar refractivity (Wildman–Crippen MR) is 177 cm³/mol. The van der Waals surface area contributed by atoms with E-state index in [0.717, 1.165) is 22.3 Å². The summed E-state index contributed by atoms with van der Waals surface area (Å²) in [4.78, 5) is 15.2. The van der Waals surface area contributed by atoms with E-state index in [4.69, 9.17) is 15.0 Å². The molecule has 0 N–H and O–H groups in total. The van der Waals surface area contributed by atoms with Gasteiger partial charge in [-0.3, -0.25) is 0 Å². The number of benzene rings is 6. The zero-order valence-corrected chi connectivity index (χ0v) is 24.1. The van der Waals surface area contributed by atoms with Gasteiger partial charge in [0.05, 0.1) is 0 Å². The summed E-state index contributed by atoms with van der Waals surface area (Å²) in [6.45, 7) is 4.60. The number of fused-ring (bicyclic) bond motifs is 4. The van der Waals surface area contributed by atoms with E-state index < -0.39 is 0 Å². The van der Waals surface area contributed by atoms with Gasteiger partial charge in [-0.15, -0.1) is 0 Å². The van der Waals surface area contributed by atoms with Gasteiger partial charge in [-0.2, -0.15) is 0 Å². The highest BCUT2D eigenvalue weighted by Crippen LogP contribution is 2.51. The first kappa shape index (κ1) is 25.3. The van der Waals surface area contributed by atoms with Crippen LogP contribution in [0.1, 0.15) is 25.0 Å². The molecule has 0 atom stereocenters. The second-order valence-corrected chi connectivity index (χ2v) is 11.7. The van der Waals surface area contributed by atoms with Crippen molar-refractivity contribution in [3.05, 3.63) is 151 Å². The van der Waals surface area contributed by atoms with Crippen molar-refractivity contribution in [1.29, 1.82) is 0 Å². The maximum Gasteiger partial charge on any atom is 0.164 e. The molecule has 0 fully saturated rings. The van der Waals surface area contributed by atoms with Crippen LogP contribution in [0.15, 0.2) is 140 Å². The van der Waals surface area contributed by atoms with Gasteiger partial charge in [0.1, 0.15) is 0 Å². The van der Waals surface area contributed by atoms with Crippen molar-refractivity contribution in [3.63, 3.8) is 0 Å². The lowest BCUT2D eigenvalue weighted by atomic mass is 9.82. The Morgan fingerprint density at radius 1 is 0.395 bits per heavy atom. The van der Waals surface area contributed by atoms with Crippen molar-refractivity contribution in [2.75, 3.05) is 0 Å². The van der Waals surface area contributed by atoms with Crippen LogP contribution in [0, 0.1) is 0 Å². The summed E-state index contributed by atoms with van der Waals surface area (Å²) < 4.78 is 0. The Morgan fingerprint density at radius 3 is 1.74 bits per heavy atom. The van der Waals surface area contributed by atoms with Crippen molar-refractivity contribution in [2.24, 2.45) is 0 Å². The summed E-state index contributed by atoms with van der Waals surface area (Å²) in [5.74, 6) is 2.02. The van der Waals surface area contributed by atoms with Crippen molar-refractivity contribution in [3.8, 4) is 56.4 Å². The summed E-state index contributed by atoms with van der Waals surface area (Å²) in [6.07, 6.45) is 0. The van der Waals surface area contributed by atoms with E-state index in [1.54, 1.807) is 0 Å². The highest BCUT2D eigenvalue weighted by molar-refractivity contribution is 5.91. The van der Waals surface area contributed by atoms with E-state index in [2.05, 4.69) is 135 Å². The van der Waals surface area contributed by atoms with E-state index in [1.165, 1.54) is 38.6 Å². The first-order valence-electron chi connectivity index (χ1n) is 14.7. The van der Waals surface area contributed by atoms with Crippen molar-refractivity contribution in [2.45, 2.75) is 19.3 Å². The van der Waals surface area contributed by atoms with E-state index >= 15 is 0 Å². The number of hydrogen-bond donors (Lipinski definition) is 0. The van der Waals surface area contributed by atoms with Crippen LogP contribution in [0.2, 0.25) is 0 Å². The highest BCUT2D eigenvalue weighted by Gasteiger charge is 2.37. The van der Waals surface area contributed by atoms with Crippen LogP contribution in [-0.4, -0.2) is 15.0 Å². The fourth-order valence-corrected chi connectivity index (χ4v) is 6.46. The first-order chi connectivity index (χ1) is 21.1. The molecule has 7 aromatic rings. The van der Waals surface area contributed by atoms with Crippen LogP contribution in [0.4, 0.5) is 0 Å². The largest absolute Gasteiger partial charge is 0.208 e. The second-order valence-electron chi connectivity index (χ2n) is 11.7. The van der Waals surface area contributed by atoms with Crippen LogP contribution in [-0.2, 0) is 5.41 Å². The van der Waals surface area contributed by atoms with E-state index in [0.29, 0.717) is 17.5 Å². The molecule has 0 amide bonds. The number of hydrogen-bond acceptors (Lipinski definition) is 3. The summed E-state index contributed by atoms with van der Waals surface area (Å²) in [5.41, 5.74) is 10.3. The summed E-state index contributed by atoms with van der Waals surface area (Å²) >= 11 is 0. The number of rotatable bonds is 4. The lowest BCUT2D eigenvalue weighted by Gasteiger charge is -2.21. The molecule has 0 saturated heterocycles. The van der Waals surface area contributed by atoms with Crippen molar-refractivity contribution < 1.29 is 0 Å². The molecule has 43 heavy (non-hydrogen) atoms. The van der Waals surface area contributed by atoms with Crippen LogP contribution < -0.4 is 0 Å². The standard InChI is InChI=1S/C40H29N3/c1-40(2)34-17-9-8-15-32(34)36-33(16-10-18-35(36)40)39-42-37(28-12-4-3-5-13-28)41-38(43-39)29-22-19-27(20-23-29)31-24-21-26-11-6-7-14-30(26)25-31/h3-25H,1-2H3.